The fourth-order valence-electron chi connectivity index (χ4n) is 2.52. The number of amides is 1. The minimum Gasteiger partial charge on any atom is -0.363 e. The Morgan fingerprint density at radius 1 is 1.13 bits per heavy atom. The molecule has 1 N–H and O–H groups in total. The van der Waals surface area contributed by atoms with E-state index in [1.807, 2.05) is 18.2 Å². The number of carbonyl (C=O) groups excluding carboxylic acids is 1. The molecule has 1 fully saturated rings. The van der Waals surface area contributed by atoms with Crippen LogP contribution in [-0.4, -0.2) is 25.2 Å². The molecule has 0 bridgehead atoms. The number of rotatable bonds is 4. The van der Waals surface area contributed by atoms with Gasteiger partial charge in [0.05, 0.1) is 11.2 Å². The number of benzene rings is 1. The third kappa shape index (κ3) is 4.42. The lowest BCUT2D eigenvalue weighted by molar-refractivity contribution is 0.0955. The van der Waals surface area contributed by atoms with Crippen molar-refractivity contribution in [2.75, 3.05) is 18.0 Å². The van der Waals surface area contributed by atoms with Crippen LogP contribution in [0.1, 0.15) is 34.5 Å². The van der Waals surface area contributed by atoms with Gasteiger partial charge < -0.3 is 4.90 Å². The van der Waals surface area contributed by atoms with E-state index in [0.29, 0.717) is 5.56 Å². The quantitative estimate of drug-likeness (QED) is 0.624. The van der Waals surface area contributed by atoms with Crippen molar-refractivity contribution in [3.63, 3.8) is 0 Å². The molecule has 0 unspecified atom stereocenters. The van der Waals surface area contributed by atoms with Gasteiger partial charge in [0.15, 0.2) is 0 Å². The minimum atomic E-state index is -0.207. The van der Waals surface area contributed by atoms with Gasteiger partial charge in [0.2, 0.25) is 0 Å². The highest BCUT2D eigenvalue weighted by Gasteiger charge is 2.12. The molecule has 0 saturated carbocycles. The first-order valence-corrected chi connectivity index (χ1v) is 9.27. The van der Waals surface area contributed by atoms with Crippen LogP contribution >= 0.6 is 27.3 Å². The molecule has 4 nitrogen and oxygen atoms in total. The average Bonchev–Trinajstić information content (AvgIpc) is 3.05. The first-order valence-electron chi connectivity index (χ1n) is 7.66. The van der Waals surface area contributed by atoms with E-state index in [9.17, 15) is 4.79 Å². The number of thiophene rings is 1. The van der Waals surface area contributed by atoms with Crippen molar-refractivity contribution in [1.29, 1.82) is 0 Å². The number of nitrogens with zero attached hydrogens (tertiary/aromatic N) is 2. The Balaban J connectivity index is 1.56. The maximum atomic E-state index is 12.0. The standard InChI is InChI=1S/C17H18BrN3OS/c18-14-6-4-13(5-7-14)17(22)20-19-12-15-8-9-16(23-15)21-10-2-1-3-11-21/h4-9,12H,1-3,10-11H2,(H,20,22)/b19-12-. The third-order valence-electron chi connectivity index (χ3n) is 3.74. The highest BCUT2D eigenvalue weighted by Crippen LogP contribution is 2.27. The smallest absolute Gasteiger partial charge is 0.271 e. The largest absolute Gasteiger partial charge is 0.363 e. The molecule has 1 amide bonds. The number of hydrazone groups is 1. The van der Waals surface area contributed by atoms with Gasteiger partial charge in [-0.2, -0.15) is 5.10 Å². The second kappa shape index (κ2) is 7.75. The molecule has 120 valence electrons. The molecule has 1 saturated heterocycles. The van der Waals surface area contributed by atoms with Crippen LogP contribution in [0.15, 0.2) is 46.0 Å². The van der Waals surface area contributed by atoms with Crippen molar-refractivity contribution < 1.29 is 4.79 Å². The molecule has 1 aliphatic rings. The lowest BCUT2D eigenvalue weighted by Crippen LogP contribution is -2.28. The molecule has 3 rings (SSSR count). The zero-order valence-electron chi connectivity index (χ0n) is 12.7. The molecule has 0 radical (unpaired) electrons. The molecule has 1 aliphatic heterocycles. The summed E-state index contributed by atoms with van der Waals surface area (Å²) in [6, 6.07) is 11.4. The zero-order chi connectivity index (χ0) is 16.1. The van der Waals surface area contributed by atoms with E-state index in [-0.39, 0.29) is 5.91 Å². The zero-order valence-corrected chi connectivity index (χ0v) is 15.1. The summed E-state index contributed by atoms with van der Waals surface area (Å²) >= 11 is 5.06. The van der Waals surface area contributed by atoms with Crippen LogP contribution < -0.4 is 10.3 Å². The van der Waals surface area contributed by atoms with Crippen molar-refractivity contribution in [1.82, 2.24) is 5.43 Å². The topological polar surface area (TPSA) is 44.7 Å². The fourth-order valence-corrected chi connectivity index (χ4v) is 3.71. The van der Waals surface area contributed by atoms with E-state index in [4.69, 9.17) is 0 Å². The van der Waals surface area contributed by atoms with Crippen LogP contribution in [0.3, 0.4) is 0 Å². The van der Waals surface area contributed by atoms with E-state index in [1.165, 1.54) is 24.3 Å². The van der Waals surface area contributed by atoms with Crippen LogP contribution in [0.2, 0.25) is 0 Å². The summed E-state index contributed by atoms with van der Waals surface area (Å²) < 4.78 is 0.946. The van der Waals surface area contributed by atoms with Gasteiger partial charge in [-0.1, -0.05) is 15.9 Å². The molecule has 6 heteroatoms. The SMILES string of the molecule is O=C(N/N=C\c1ccc(N2CCCCC2)s1)c1ccc(Br)cc1. The van der Waals surface area contributed by atoms with Gasteiger partial charge in [-0.05, 0) is 55.7 Å². The van der Waals surface area contributed by atoms with Crippen molar-refractivity contribution in [2.24, 2.45) is 5.10 Å². The highest BCUT2D eigenvalue weighted by molar-refractivity contribution is 9.10. The van der Waals surface area contributed by atoms with E-state index in [2.05, 4.69) is 37.4 Å². The molecule has 0 atom stereocenters. The summed E-state index contributed by atoms with van der Waals surface area (Å²) in [5.41, 5.74) is 3.15. The number of nitrogens with one attached hydrogen (secondary N) is 1. The van der Waals surface area contributed by atoms with Crippen molar-refractivity contribution in [3.05, 3.63) is 51.3 Å². The van der Waals surface area contributed by atoms with Gasteiger partial charge in [-0.25, -0.2) is 5.43 Å². The minimum absolute atomic E-state index is 0.207. The second-order valence-corrected chi connectivity index (χ2v) is 7.44. The monoisotopic (exact) mass is 391 g/mol. The average molecular weight is 392 g/mol. The first-order chi connectivity index (χ1) is 11.2. The molecule has 1 aromatic carbocycles. The van der Waals surface area contributed by atoms with Crippen LogP contribution in [0, 0.1) is 0 Å². The third-order valence-corrected chi connectivity index (χ3v) is 5.35. The van der Waals surface area contributed by atoms with E-state index in [0.717, 1.165) is 22.4 Å². The molecule has 2 heterocycles. The maximum absolute atomic E-state index is 12.0. The Morgan fingerprint density at radius 2 is 1.87 bits per heavy atom. The van der Waals surface area contributed by atoms with Crippen LogP contribution in [-0.2, 0) is 0 Å². The highest BCUT2D eigenvalue weighted by atomic mass is 79.9. The predicted octanol–water partition coefficient (Wildman–Crippen LogP) is 4.26. The van der Waals surface area contributed by atoms with Gasteiger partial charge in [0.25, 0.3) is 5.91 Å². The lowest BCUT2D eigenvalue weighted by Gasteiger charge is -2.27. The summed E-state index contributed by atoms with van der Waals surface area (Å²) in [6.45, 7) is 2.27. The summed E-state index contributed by atoms with van der Waals surface area (Å²) in [7, 11) is 0. The lowest BCUT2D eigenvalue weighted by atomic mass is 10.1. The summed E-state index contributed by atoms with van der Waals surface area (Å²) in [5.74, 6) is -0.207. The number of carbonyl (C=O) groups is 1. The summed E-state index contributed by atoms with van der Waals surface area (Å²) in [5, 5.41) is 5.34. The van der Waals surface area contributed by atoms with E-state index in [1.54, 1.807) is 29.7 Å². The van der Waals surface area contributed by atoms with Crippen LogP contribution in [0.4, 0.5) is 5.00 Å². The molecule has 23 heavy (non-hydrogen) atoms. The molecule has 2 aromatic rings. The van der Waals surface area contributed by atoms with Crippen molar-refractivity contribution >= 4 is 44.4 Å². The van der Waals surface area contributed by atoms with Gasteiger partial charge in [-0.3, -0.25) is 4.79 Å². The maximum Gasteiger partial charge on any atom is 0.271 e. The van der Waals surface area contributed by atoms with E-state index < -0.39 is 0 Å². The summed E-state index contributed by atoms with van der Waals surface area (Å²) in [6.07, 6.45) is 5.57. The number of halogens is 1. The molecule has 0 aliphatic carbocycles. The van der Waals surface area contributed by atoms with Crippen molar-refractivity contribution in [2.45, 2.75) is 19.3 Å². The number of hydrogen-bond acceptors (Lipinski definition) is 4. The fraction of sp³-hybridized carbons (Fsp3) is 0.294. The molecule has 0 spiro atoms. The normalized spacial score (nSPS) is 15.1. The molecular formula is C17H18BrN3OS. The Bertz CT molecular complexity index is 690. The van der Waals surface area contributed by atoms with E-state index >= 15 is 0 Å². The Labute approximate surface area is 148 Å². The van der Waals surface area contributed by atoms with Crippen molar-refractivity contribution in [3.8, 4) is 0 Å². The Morgan fingerprint density at radius 3 is 2.61 bits per heavy atom. The Hall–Kier alpha value is -1.66. The predicted molar refractivity (Wildman–Crippen MR) is 99.6 cm³/mol. The van der Waals surface area contributed by atoms with Crippen LogP contribution in [0.25, 0.3) is 0 Å². The Kier molecular flexibility index (Phi) is 5.46. The molecular weight excluding hydrogens is 374 g/mol. The number of hydrogen-bond donors (Lipinski definition) is 1. The number of piperidine rings is 1. The van der Waals surface area contributed by atoms with Gasteiger partial charge in [0.1, 0.15) is 0 Å². The summed E-state index contributed by atoms with van der Waals surface area (Å²) in [4.78, 5) is 15.4. The second-order valence-electron chi connectivity index (χ2n) is 5.43. The first kappa shape index (κ1) is 16.2. The van der Waals surface area contributed by atoms with Gasteiger partial charge in [-0.15, -0.1) is 11.3 Å². The number of anilines is 1. The van der Waals surface area contributed by atoms with Crippen LogP contribution in [0.5, 0.6) is 0 Å². The van der Waals surface area contributed by atoms with Gasteiger partial charge in [0, 0.05) is 28.0 Å². The van der Waals surface area contributed by atoms with Gasteiger partial charge >= 0.3 is 0 Å². The molecule has 1 aromatic heterocycles.